The van der Waals surface area contributed by atoms with Gasteiger partial charge in [-0.1, -0.05) is 19.9 Å². The number of hydrogen-bond donors (Lipinski definition) is 2. The molecule has 1 aromatic carbocycles. The Morgan fingerprint density at radius 1 is 1.29 bits per heavy atom. The summed E-state index contributed by atoms with van der Waals surface area (Å²) in [6.45, 7) is 5.01. The highest BCUT2D eigenvalue weighted by molar-refractivity contribution is 5.86. The predicted octanol–water partition coefficient (Wildman–Crippen LogP) is 2.60. The van der Waals surface area contributed by atoms with Gasteiger partial charge in [0.2, 0.25) is 0 Å². The fraction of sp³-hybridized carbons (Fsp3) is 0.611. The molecular weight excluding hydrogens is 314 g/mol. The van der Waals surface area contributed by atoms with E-state index < -0.39 is 17.2 Å². The van der Waals surface area contributed by atoms with E-state index in [1.807, 2.05) is 0 Å². The van der Waals surface area contributed by atoms with Crippen LogP contribution in [0, 0.1) is 11.6 Å². The Balaban J connectivity index is 2.04. The van der Waals surface area contributed by atoms with Gasteiger partial charge < -0.3 is 15.3 Å². The van der Waals surface area contributed by atoms with E-state index in [-0.39, 0.29) is 25.0 Å². The van der Waals surface area contributed by atoms with Crippen molar-refractivity contribution in [3.05, 3.63) is 35.4 Å². The quantitative estimate of drug-likeness (QED) is 0.802. The van der Waals surface area contributed by atoms with E-state index in [1.165, 1.54) is 11.0 Å². The van der Waals surface area contributed by atoms with Gasteiger partial charge in [-0.25, -0.2) is 8.78 Å². The fourth-order valence-electron chi connectivity index (χ4n) is 3.13. The highest BCUT2D eigenvalue weighted by Crippen LogP contribution is 2.24. The standard InChI is InChI=1S/C18H26F2N2O2/c1-3-14(4-2)21-12-18(24)8-5-9-22(17(18)23)11-13-6-7-15(19)16(20)10-13/h6-7,10,14,21,24H,3-5,8-9,11-12H2,1-2H3/t18-/m0/s1. The maximum atomic E-state index is 13.3. The van der Waals surface area contributed by atoms with Crippen LogP contribution in [0.1, 0.15) is 45.1 Å². The van der Waals surface area contributed by atoms with Crippen LogP contribution in [0.5, 0.6) is 0 Å². The molecule has 4 nitrogen and oxygen atoms in total. The average Bonchev–Trinajstić information content (AvgIpc) is 2.56. The summed E-state index contributed by atoms with van der Waals surface area (Å²) in [5.74, 6) is -2.19. The van der Waals surface area contributed by atoms with Crippen molar-refractivity contribution in [2.45, 2.75) is 57.7 Å². The largest absolute Gasteiger partial charge is 0.379 e. The number of halogens is 2. The van der Waals surface area contributed by atoms with Crippen molar-refractivity contribution in [2.24, 2.45) is 0 Å². The maximum Gasteiger partial charge on any atom is 0.256 e. The summed E-state index contributed by atoms with van der Waals surface area (Å²) in [6.07, 6.45) is 2.95. The number of carbonyl (C=O) groups excluding carboxylic acids is 1. The summed E-state index contributed by atoms with van der Waals surface area (Å²) in [5, 5.41) is 14.0. The summed E-state index contributed by atoms with van der Waals surface area (Å²) in [7, 11) is 0. The monoisotopic (exact) mass is 340 g/mol. The third-order valence-corrected chi connectivity index (χ3v) is 4.73. The van der Waals surface area contributed by atoms with Crippen LogP contribution < -0.4 is 5.32 Å². The van der Waals surface area contributed by atoms with Gasteiger partial charge in [-0.05, 0) is 43.4 Å². The first kappa shape index (κ1) is 18.8. The van der Waals surface area contributed by atoms with Gasteiger partial charge in [0, 0.05) is 25.7 Å². The van der Waals surface area contributed by atoms with Gasteiger partial charge in [0.25, 0.3) is 5.91 Å². The molecule has 6 heteroatoms. The zero-order valence-electron chi connectivity index (χ0n) is 14.3. The lowest BCUT2D eigenvalue weighted by Crippen LogP contribution is -2.58. The Hall–Kier alpha value is -1.53. The Kier molecular flexibility index (Phi) is 6.29. The van der Waals surface area contributed by atoms with Crippen LogP contribution in [0.25, 0.3) is 0 Å². The van der Waals surface area contributed by atoms with Gasteiger partial charge in [-0.15, -0.1) is 0 Å². The Bertz CT molecular complexity index is 578. The van der Waals surface area contributed by atoms with E-state index in [0.717, 1.165) is 25.0 Å². The van der Waals surface area contributed by atoms with Crippen LogP contribution in [-0.4, -0.2) is 40.6 Å². The summed E-state index contributed by atoms with van der Waals surface area (Å²) >= 11 is 0. The summed E-state index contributed by atoms with van der Waals surface area (Å²) in [4.78, 5) is 14.2. The highest BCUT2D eigenvalue weighted by Gasteiger charge is 2.42. The Labute approximate surface area is 141 Å². The number of hydrogen-bond acceptors (Lipinski definition) is 3. The molecule has 0 spiro atoms. The Morgan fingerprint density at radius 3 is 2.62 bits per heavy atom. The van der Waals surface area contributed by atoms with Crippen molar-refractivity contribution in [1.29, 1.82) is 0 Å². The fourth-order valence-corrected chi connectivity index (χ4v) is 3.13. The molecule has 0 aliphatic carbocycles. The first-order valence-electron chi connectivity index (χ1n) is 8.58. The molecule has 1 saturated heterocycles. The normalized spacial score (nSPS) is 21.6. The molecule has 1 aromatic rings. The van der Waals surface area contributed by atoms with Gasteiger partial charge in [0.15, 0.2) is 17.2 Å². The molecule has 134 valence electrons. The van der Waals surface area contributed by atoms with Gasteiger partial charge in [-0.3, -0.25) is 4.79 Å². The number of rotatable bonds is 7. The second-order valence-electron chi connectivity index (χ2n) is 6.50. The maximum absolute atomic E-state index is 13.3. The number of amides is 1. The number of nitrogens with zero attached hydrogens (tertiary/aromatic N) is 1. The lowest BCUT2D eigenvalue weighted by atomic mass is 9.90. The number of benzene rings is 1. The summed E-state index contributed by atoms with van der Waals surface area (Å²) < 4.78 is 26.3. The minimum atomic E-state index is -1.43. The van der Waals surface area contributed by atoms with Crippen LogP contribution in [0.2, 0.25) is 0 Å². The van der Waals surface area contributed by atoms with E-state index >= 15 is 0 Å². The number of piperidine rings is 1. The molecule has 0 radical (unpaired) electrons. The second-order valence-corrected chi connectivity index (χ2v) is 6.50. The minimum Gasteiger partial charge on any atom is -0.379 e. The van der Waals surface area contributed by atoms with Gasteiger partial charge >= 0.3 is 0 Å². The van der Waals surface area contributed by atoms with Crippen molar-refractivity contribution in [1.82, 2.24) is 10.2 Å². The molecule has 1 heterocycles. The molecule has 0 unspecified atom stereocenters. The third kappa shape index (κ3) is 4.30. The van der Waals surface area contributed by atoms with E-state index in [9.17, 15) is 18.7 Å². The third-order valence-electron chi connectivity index (χ3n) is 4.73. The van der Waals surface area contributed by atoms with Gasteiger partial charge in [0.1, 0.15) is 0 Å². The van der Waals surface area contributed by atoms with Crippen LogP contribution in [0.4, 0.5) is 8.78 Å². The van der Waals surface area contributed by atoms with Gasteiger partial charge in [-0.2, -0.15) is 0 Å². The number of nitrogens with one attached hydrogen (secondary N) is 1. The first-order valence-corrected chi connectivity index (χ1v) is 8.58. The molecule has 0 aromatic heterocycles. The molecule has 1 fully saturated rings. The highest BCUT2D eigenvalue weighted by atomic mass is 19.2. The second kappa shape index (κ2) is 8.03. The number of likely N-dealkylation sites (tertiary alicyclic amines) is 1. The smallest absolute Gasteiger partial charge is 0.256 e. The van der Waals surface area contributed by atoms with Crippen molar-refractivity contribution in [2.75, 3.05) is 13.1 Å². The zero-order chi connectivity index (χ0) is 17.7. The molecule has 1 amide bonds. The molecule has 0 saturated carbocycles. The van der Waals surface area contributed by atoms with E-state index in [1.54, 1.807) is 0 Å². The Morgan fingerprint density at radius 2 is 2.00 bits per heavy atom. The van der Waals surface area contributed by atoms with Gasteiger partial charge in [0.05, 0.1) is 0 Å². The minimum absolute atomic E-state index is 0.170. The summed E-state index contributed by atoms with van der Waals surface area (Å²) in [5.41, 5.74) is -0.918. The molecule has 1 atom stereocenters. The molecule has 1 aliphatic heterocycles. The lowest BCUT2D eigenvalue weighted by molar-refractivity contribution is -0.157. The van der Waals surface area contributed by atoms with Crippen LogP contribution in [0.15, 0.2) is 18.2 Å². The van der Waals surface area contributed by atoms with Crippen molar-refractivity contribution < 1.29 is 18.7 Å². The lowest BCUT2D eigenvalue weighted by Gasteiger charge is -2.39. The van der Waals surface area contributed by atoms with E-state index in [4.69, 9.17) is 0 Å². The molecule has 2 rings (SSSR count). The van der Waals surface area contributed by atoms with E-state index in [2.05, 4.69) is 19.2 Å². The van der Waals surface area contributed by atoms with Crippen molar-refractivity contribution >= 4 is 5.91 Å². The van der Waals surface area contributed by atoms with E-state index in [0.29, 0.717) is 24.9 Å². The van der Waals surface area contributed by atoms with Crippen LogP contribution >= 0.6 is 0 Å². The van der Waals surface area contributed by atoms with Crippen molar-refractivity contribution in [3.63, 3.8) is 0 Å². The molecule has 24 heavy (non-hydrogen) atoms. The predicted molar refractivity (Wildman–Crippen MR) is 88.3 cm³/mol. The van der Waals surface area contributed by atoms with Crippen LogP contribution in [0.3, 0.4) is 0 Å². The topological polar surface area (TPSA) is 52.6 Å². The van der Waals surface area contributed by atoms with Crippen molar-refractivity contribution in [3.8, 4) is 0 Å². The average molecular weight is 340 g/mol. The molecule has 0 bridgehead atoms. The molecule has 1 aliphatic rings. The van der Waals surface area contributed by atoms with Crippen LogP contribution in [-0.2, 0) is 11.3 Å². The summed E-state index contributed by atoms with van der Waals surface area (Å²) in [6, 6.07) is 3.88. The first-order chi connectivity index (χ1) is 11.4. The molecular formula is C18H26F2N2O2. The number of aliphatic hydroxyl groups is 1. The SMILES string of the molecule is CCC(CC)NC[C@@]1(O)CCCN(Cc2ccc(F)c(F)c2)C1=O. The molecule has 2 N–H and O–H groups in total. The number of carbonyl (C=O) groups is 1. The zero-order valence-corrected chi connectivity index (χ0v) is 14.3.